The fraction of sp³-hybridized carbons (Fsp3) is 0.280. The van der Waals surface area contributed by atoms with E-state index in [9.17, 15) is 28.1 Å². The Kier molecular flexibility index (Phi) is 7.78. The van der Waals surface area contributed by atoms with Gasteiger partial charge in [-0.15, -0.1) is 0 Å². The number of halogens is 3. The van der Waals surface area contributed by atoms with Crippen LogP contribution in [0.25, 0.3) is 11.3 Å². The molecule has 0 saturated heterocycles. The molecule has 2 heterocycles. The molecule has 2 N–H and O–H groups in total. The molecule has 0 unspecified atom stereocenters. The number of hydrogen-bond donors (Lipinski definition) is 1. The molecule has 0 atom stereocenters. The first-order valence-electron chi connectivity index (χ1n) is 11.4. The Bertz CT molecular complexity index is 1370. The lowest BCUT2D eigenvalue weighted by Gasteiger charge is -2.28. The number of nitro groups is 1. The Labute approximate surface area is 214 Å². The Morgan fingerprint density at radius 1 is 1.13 bits per heavy atom. The highest BCUT2D eigenvalue weighted by Gasteiger charge is 2.32. The number of aromatic nitrogens is 1. The summed E-state index contributed by atoms with van der Waals surface area (Å²) in [6.07, 6.45) is -2.81. The number of pyridine rings is 1. The third kappa shape index (κ3) is 5.68. The lowest BCUT2D eigenvalue weighted by Crippen LogP contribution is -2.37. The molecular formula is C25H23F3N4O6. The maximum absolute atomic E-state index is 13.2. The number of carbonyl (C=O) groups is 1. The summed E-state index contributed by atoms with van der Waals surface area (Å²) in [5, 5.41) is 11.6. The minimum Gasteiger partial charge on any atom is -0.460 e. The van der Waals surface area contributed by atoms with Crippen LogP contribution < -0.4 is 15.4 Å². The SMILES string of the molecule is COCCOCOc1ccc(N2CCc3cc(-c4ccc(C(F)(F)F)cc4N)ncc3C2=O)cc1[N+](=O)[O-]. The van der Waals surface area contributed by atoms with E-state index in [0.717, 1.165) is 12.1 Å². The maximum atomic E-state index is 13.2. The van der Waals surface area contributed by atoms with Crippen LogP contribution in [0.3, 0.4) is 0 Å². The third-order valence-electron chi connectivity index (χ3n) is 5.91. The van der Waals surface area contributed by atoms with Gasteiger partial charge in [0.15, 0.2) is 12.5 Å². The fourth-order valence-corrected chi connectivity index (χ4v) is 3.99. The summed E-state index contributed by atoms with van der Waals surface area (Å²) in [5.74, 6) is -0.432. The number of carbonyl (C=O) groups excluding carboxylic acids is 1. The van der Waals surface area contributed by atoms with E-state index in [-0.39, 0.29) is 42.6 Å². The van der Waals surface area contributed by atoms with Crippen molar-refractivity contribution in [3.63, 3.8) is 0 Å². The van der Waals surface area contributed by atoms with Gasteiger partial charge >= 0.3 is 11.9 Å². The molecule has 0 bridgehead atoms. The Morgan fingerprint density at radius 2 is 1.92 bits per heavy atom. The molecule has 200 valence electrons. The van der Waals surface area contributed by atoms with Gasteiger partial charge in [-0.2, -0.15) is 13.2 Å². The number of hydrogen-bond acceptors (Lipinski definition) is 8. The number of fused-ring (bicyclic) bond motifs is 1. The van der Waals surface area contributed by atoms with Crippen molar-refractivity contribution in [3.8, 4) is 17.0 Å². The topological polar surface area (TPSA) is 130 Å². The summed E-state index contributed by atoms with van der Waals surface area (Å²) in [7, 11) is 1.51. The van der Waals surface area contributed by atoms with Crippen LogP contribution in [0.15, 0.2) is 48.7 Å². The van der Waals surface area contributed by atoms with Crippen LogP contribution in [0, 0.1) is 10.1 Å². The van der Waals surface area contributed by atoms with Crippen molar-refractivity contribution < 1.29 is 37.1 Å². The molecule has 0 spiro atoms. The van der Waals surface area contributed by atoms with Crippen LogP contribution in [0.1, 0.15) is 21.5 Å². The highest BCUT2D eigenvalue weighted by molar-refractivity contribution is 6.08. The predicted molar refractivity (Wildman–Crippen MR) is 131 cm³/mol. The molecule has 10 nitrogen and oxygen atoms in total. The molecule has 1 aliphatic heterocycles. The number of rotatable bonds is 9. The fourth-order valence-electron chi connectivity index (χ4n) is 3.99. The first-order chi connectivity index (χ1) is 18.1. The van der Waals surface area contributed by atoms with Crippen LogP contribution in [-0.4, -0.2) is 49.5 Å². The average Bonchev–Trinajstić information content (AvgIpc) is 2.88. The summed E-state index contributed by atoms with van der Waals surface area (Å²) < 4.78 is 54.3. The van der Waals surface area contributed by atoms with Gasteiger partial charge in [0.2, 0.25) is 0 Å². The number of benzene rings is 2. The standard InChI is InChI=1S/C25H23F3N4O6/c1-36-8-9-37-14-38-23-5-3-17(12-22(23)32(34)35)31-7-6-15-10-21(30-13-19(15)24(31)33)18-4-2-16(11-20(18)29)25(26,27)28/h2-5,10-13H,6-9,14,29H2,1H3. The maximum Gasteiger partial charge on any atom is 0.416 e. The molecule has 1 amide bonds. The minimum absolute atomic E-state index is 0.0125. The number of amides is 1. The second kappa shape index (κ2) is 11.0. The van der Waals surface area contributed by atoms with Gasteiger partial charge in [0.05, 0.1) is 40.6 Å². The van der Waals surface area contributed by atoms with Gasteiger partial charge in [-0.05, 0) is 42.3 Å². The van der Waals surface area contributed by atoms with Crippen LogP contribution in [0.4, 0.5) is 30.2 Å². The van der Waals surface area contributed by atoms with E-state index in [4.69, 9.17) is 19.9 Å². The quantitative estimate of drug-likeness (QED) is 0.141. The molecule has 1 aromatic heterocycles. The van der Waals surface area contributed by atoms with Crippen LogP contribution in [0.5, 0.6) is 5.75 Å². The normalized spacial score (nSPS) is 13.4. The zero-order valence-electron chi connectivity index (χ0n) is 20.2. The van der Waals surface area contributed by atoms with Gasteiger partial charge in [-0.3, -0.25) is 19.9 Å². The molecule has 2 aromatic carbocycles. The van der Waals surface area contributed by atoms with Crippen molar-refractivity contribution in [2.45, 2.75) is 12.6 Å². The minimum atomic E-state index is -4.52. The van der Waals surface area contributed by atoms with Crippen LogP contribution in [-0.2, 0) is 22.1 Å². The Hall–Kier alpha value is -4.23. The zero-order chi connectivity index (χ0) is 27.4. The van der Waals surface area contributed by atoms with Crippen molar-refractivity contribution in [2.24, 2.45) is 0 Å². The van der Waals surface area contributed by atoms with Crippen molar-refractivity contribution >= 4 is 23.0 Å². The highest BCUT2D eigenvalue weighted by atomic mass is 19.4. The van der Waals surface area contributed by atoms with Crippen molar-refractivity contribution in [1.29, 1.82) is 0 Å². The Balaban J connectivity index is 1.55. The summed E-state index contributed by atoms with van der Waals surface area (Å²) in [5.41, 5.74) is 6.44. The summed E-state index contributed by atoms with van der Waals surface area (Å²) in [4.78, 5) is 29.9. The number of nitrogen functional groups attached to an aromatic ring is 1. The van der Waals surface area contributed by atoms with E-state index >= 15 is 0 Å². The van der Waals surface area contributed by atoms with Crippen molar-refractivity contribution in [3.05, 3.63) is 75.5 Å². The predicted octanol–water partition coefficient (Wildman–Crippen LogP) is 4.46. The van der Waals surface area contributed by atoms with Gasteiger partial charge in [0, 0.05) is 37.2 Å². The highest BCUT2D eigenvalue weighted by Crippen LogP contribution is 2.36. The zero-order valence-corrected chi connectivity index (χ0v) is 20.2. The molecule has 1 aliphatic rings. The number of nitrogens with zero attached hydrogens (tertiary/aromatic N) is 3. The second-order valence-electron chi connectivity index (χ2n) is 8.31. The molecule has 0 aliphatic carbocycles. The number of anilines is 2. The smallest absolute Gasteiger partial charge is 0.416 e. The van der Waals surface area contributed by atoms with Crippen LogP contribution >= 0.6 is 0 Å². The molecule has 38 heavy (non-hydrogen) atoms. The summed E-state index contributed by atoms with van der Waals surface area (Å²) >= 11 is 0. The van der Waals surface area contributed by atoms with Gasteiger partial charge in [0.1, 0.15) is 0 Å². The van der Waals surface area contributed by atoms with Crippen molar-refractivity contribution in [2.75, 3.05) is 44.3 Å². The van der Waals surface area contributed by atoms with E-state index in [0.29, 0.717) is 35.5 Å². The van der Waals surface area contributed by atoms with E-state index < -0.39 is 22.6 Å². The number of nitrogens with two attached hydrogens (primary N) is 1. The van der Waals surface area contributed by atoms with E-state index in [2.05, 4.69) is 4.98 Å². The lowest BCUT2D eigenvalue weighted by atomic mass is 9.97. The lowest BCUT2D eigenvalue weighted by molar-refractivity contribution is -0.386. The van der Waals surface area contributed by atoms with Crippen molar-refractivity contribution in [1.82, 2.24) is 4.98 Å². The molecule has 0 saturated carbocycles. The number of ether oxygens (including phenoxy) is 3. The van der Waals surface area contributed by atoms with Gasteiger partial charge in [-0.25, -0.2) is 0 Å². The monoisotopic (exact) mass is 532 g/mol. The largest absolute Gasteiger partial charge is 0.460 e. The molecule has 4 rings (SSSR count). The Morgan fingerprint density at radius 3 is 2.61 bits per heavy atom. The first-order valence-corrected chi connectivity index (χ1v) is 11.4. The third-order valence-corrected chi connectivity index (χ3v) is 5.91. The van der Waals surface area contributed by atoms with Gasteiger partial charge < -0.3 is 24.8 Å². The van der Waals surface area contributed by atoms with Gasteiger partial charge in [-0.1, -0.05) is 6.07 Å². The number of alkyl halides is 3. The molecule has 0 radical (unpaired) electrons. The van der Waals surface area contributed by atoms with Crippen LogP contribution in [0.2, 0.25) is 0 Å². The first kappa shape index (κ1) is 26.8. The summed E-state index contributed by atoms with van der Waals surface area (Å²) in [6, 6.07) is 8.80. The molecule has 3 aromatic rings. The number of methoxy groups -OCH3 is 1. The molecular weight excluding hydrogens is 509 g/mol. The van der Waals surface area contributed by atoms with Gasteiger partial charge in [0.25, 0.3) is 5.91 Å². The molecule has 13 heteroatoms. The second-order valence-corrected chi connectivity index (χ2v) is 8.31. The summed E-state index contributed by atoms with van der Waals surface area (Å²) in [6.45, 7) is 0.606. The average molecular weight is 532 g/mol. The number of nitro benzene ring substituents is 1. The molecule has 0 fully saturated rings. The van der Waals surface area contributed by atoms with E-state index in [1.54, 1.807) is 6.07 Å². The van der Waals surface area contributed by atoms with E-state index in [1.165, 1.54) is 42.5 Å². The van der Waals surface area contributed by atoms with E-state index in [1.807, 2.05) is 0 Å².